The topological polar surface area (TPSA) is 79.3 Å². The molecule has 4 aromatic rings. The SMILES string of the molecule is O=C(c1ccc2nc(NC(=O)C(F)(F)F)cn2c1)c1cc2ccccc2[nH]1. The summed E-state index contributed by atoms with van der Waals surface area (Å²) in [6.07, 6.45) is -2.35. The molecule has 6 nitrogen and oxygen atoms in total. The van der Waals surface area contributed by atoms with E-state index in [1.807, 2.05) is 24.3 Å². The maximum Gasteiger partial charge on any atom is 0.471 e. The highest BCUT2D eigenvalue weighted by molar-refractivity contribution is 6.10. The number of fused-ring (bicyclic) bond motifs is 2. The van der Waals surface area contributed by atoms with Crippen molar-refractivity contribution in [2.45, 2.75) is 6.18 Å². The van der Waals surface area contributed by atoms with Crippen molar-refractivity contribution < 1.29 is 22.8 Å². The zero-order valence-electron chi connectivity index (χ0n) is 13.5. The number of aromatic amines is 1. The second-order valence-electron chi connectivity index (χ2n) is 5.86. The number of hydrogen-bond acceptors (Lipinski definition) is 3. The molecule has 27 heavy (non-hydrogen) atoms. The molecule has 0 aliphatic carbocycles. The van der Waals surface area contributed by atoms with Crippen LogP contribution in [0.3, 0.4) is 0 Å². The van der Waals surface area contributed by atoms with Gasteiger partial charge in [-0.2, -0.15) is 13.2 Å². The number of aromatic nitrogens is 3. The Hall–Kier alpha value is -3.62. The molecule has 0 fully saturated rings. The Morgan fingerprint density at radius 2 is 1.85 bits per heavy atom. The third kappa shape index (κ3) is 3.14. The van der Waals surface area contributed by atoms with Crippen LogP contribution in [-0.4, -0.2) is 32.2 Å². The van der Waals surface area contributed by atoms with Gasteiger partial charge in [0.05, 0.1) is 11.9 Å². The summed E-state index contributed by atoms with van der Waals surface area (Å²) in [5, 5.41) is 2.57. The lowest BCUT2D eigenvalue weighted by atomic mass is 10.1. The molecule has 2 N–H and O–H groups in total. The summed E-state index contributed by atoms with van der Waals surface area (Å²) in [5.74, 6) is -2.64. The number of H-pyrrole nitrogens is 1. The molecule has 1 amide bonds. The molecule has 136 valence electrons. The first-order chi connectivity index (χ1) is 12.8. The van der Waals surface area contributed by atoms with Crippen molar-refractivity contribution in [3.05, 3.63) is 66.1 Å². The normalized spacial score (nSPS) is 11.8. The van der Waals surface area contributed by atoms with Gasteiger partial charge in [-0.1, -0.05) is 18.2 Å². The van der Waals surface area contributed by atoms with Gasteiger partial charge >= 0.3 is 12.1 Å². The molecule has 0 saturated carbocycles. The number of carbonyl (C=O) groups excluding carboxylic acids is 2. The van der Waals surface area contributed by atoms with Crippen molar-refractivity contribution in [2.24, 2.45) is 0 Å². The van der Waals surface area contributed by atoms with E-state index < -0.39 is 12.1 Å². The van der Waals surface area contributed by atoms with Crippen LogP contribution in [0, 0.1) is 0 Å². The van der Waals surface area contributed by atoms with Gasteiger partial charge in [-0.15, -0.1) is 0 Å². The number of ketones is 1. The summed E-state index contributed by atoms with van der Waals surface area (Å²) in [5.41, 5.74) is 1.82. The minimum Gasteiger partial charge on any atom is -0.352 e. The Labute approximate surface area is 149 Å². The van der Waals surface area contributed by atoms with Crippen LogP contribution < -0.4 is 5.32 Å². The van der Waals surface area contributed by atoms with Crippen molar-refractivity contribution in [3.63, 3.8) is 0 Å². The third-order valence-corrected chi connectivity index (χ3v) is 3.99. The van der Waals surface area contributed by atoms with Gasteiger partial charge in [0.1, 0.15) is 5.65 Å². The number of imidazole rings is 1. The second kappa shape index (κ2) is 5.97. The standard InChI is InChI=1S/C18H11F3N4O2/c19-18(20,21)17(27)24-14-9-25-8-11(5-6-15(25)23-14)16(26)13-7-10-3-1-2-4-12(10)22-13/h1-9,22H,(H,24,27). The van der Waals surface area contributed by atoms with Crippen molar-refractivity contribution in [1.82, 2.24) is 14.4 Å². The average Bonchev–Trinajstić information content (AvgIpc) is 3.22. The number of halogens is 3. The molecule has 4 rings (SSSR count). The Morgan fingerprint density at radius 3 is 2.59 bits per heavy atom. The molecule has 9 heteroatoms. The molecule has 0 radical (unpaired) electrons. The molecule has 0 aliphatic rings. The average molecular weight is 372 g/mol. The summed E-state index contributed by atoms with van der Waals surface area (Å²) >= 11 is 0. The van der Waals surface area contributed by atoms with Gasteiger partial charge in [-0.3, -0.25) is 9.59 Å². The van der Waals surface area contributed by atoms with Gasteiger partial charge in [0.15, 0.2) is 5.82 Å². The molecule has 1 aromatic carbocycles. The Bertz CT molecular complexity index is 1160. The van der Waals surface area contributed by atoms with Crippen molar-refractivity contribution in [2.75, 3.05) is 5.32 Å². The molecular weight excluding hydrogens is 361 g/mol. The van der Waals surface area contributed by atoms with Gasteiger partial charge in [0.2, 0.25) is 5.78 Å². The van der Waals surface area contributed by atoms with Crippen LogP contribution in [0.4, 0.5) is 19.0 Å². The molecule has 3 heterocycles. The van der Waals surface area contributed by atoms with Crippen molar-refractivity contribution in [1.29, 1.82) is 0 Å². The van der Waals surface area contributed by atoms with Gasteiger partial charge in [-0.25, -0.2) is 4.98 Å². The number of amides is 1. The number of alkyl halides is 3. The number of pyridine rings is 1. The number of benzene rings is 1. The first-order valence-electron chi connectivity index (χ1n) is 7.81. The number of nitrogens with zero attached hydrogens (tertiary/aromatic N) is 2. The molecule has 0 saturated heterocycles. The summed E-state index contributed by atoms with van der Waals surface area (Å²) in [6.45, 7) is 0. The number of hydrogen-bond donors (Lipinski definition) is 2. The molecule has 0 bridgehead atoms. The summed E-state index contributed by atoms with van der Waals surface area (Å²) in [6, 6.07) is 12.2. The van der Waals surface area contributed by atoms with Crippen molar-refractivity contribution >= 4 is 34.1 Å². The Kier molecular flexibility index (Phi) is 3.72. The number of nitrogens with one attached hydrogen (secondary N) is 2. The van der Waals surface area contributed by atoms with E-state index in [2.05, 4.69) is 9.97 Å². The van der Waals surface area contributed by atoms with Gasteiger partial charge in [-0.05, 0) is 24.3 Å². The Morgan fingerprint density at radius 1 is 1.07 bits per heavy atom. The lowest BCUT2D eigenvalue weighted by Crippen LogP contribution is -2.30. The van der Waals surface area contributed by atoms with Crippen LogP contribution in [0.1, 0.15) is 16.1 Å². The van der Waals surface area contributed by atoms with E-state index in [1.165, 1.54) is 28.9 Å². The van der Waals surface area contributed by atoms with E-state index >= 15 is 0 Å². The van der Waals surface area contributed by atoms with Crippen LogP contribution in [0.25, 0.3) is 16.6 Å². The van der Waals surface area contributed by atoms with E-state index in [9.17, 15) is 22.8 Å². The zero-order valence-corrected chi connectivity index (χ0v) is 13.5. The highest BCUT2D eigenvalue weighted by atomic mass is 19.4. The lowest BCUT2D eigenvalue weighted by molar-refractivity contribution is -0.167. The van der Waals surface area contributed by atoms with Crippen LogP contribution >= 0.6 is 0 Å². The first kappa shape index (κ1) is 16.8. The predicted octanol–water partition coefficient (Wildman–Crippen LogP) is 3.55. The largest absolute Gasteiger partial charge is 0.471 e. The van der Waals surface area contributed by atoms with Crippen LogP contribution in [0.5, 0.6) is 0 Å². The van der Waals surface area contributed by atoms with E-state index in [4.69, 9.17) is 0 Å². The Balaban J connectivity index is 1.64. The van der Waals surface area contributed by atoms with E-state index in [0.717, 1.165) is 10.9 Å². The molecule has 0 aliphatic heterocycles. The van der Waals surface area contributed by atoms with E-state index in [0.29, 0.717) is 16.9 Å². The minimum atomic E-state index is -5.01. The minimum absolute atomic E-state index is 0.257. The van der Waals surface area contributed by atoms with E-state index in [-0.39, 0.29) is 11.6 Å². The molecule has 3 aromatic heterocycles. The summed E-state index contributed by atoms with van der Waals surface area (Å²) in [4.78, 5) is 30.6. The molecular formula is C18H11F3N4O2. The van der Waals surface area contributed by atoms with Crippen LogP contribution in [-0.2, 0) is 4.79 Å². The zero-order chi connectivity index (χ0) is 19.2. The fourth-order valence-corrected chi connectivity index (χ4v) is 2.72. The van der Waals surface area contributed by atoms with Crippen molar-refractivity contribution in [3.8, 4) is 0 Å². The summed E-state index contributed by atoms with van der Waals surface area (Å²) in [7, 11) is 0. The number of anilines is 1. The van der Waals surface area contributed by atoms with Crippen LogP contribution in [0.15, 0.2) is 54.9 Å². The highest BCUT2D eigenvalue weighted by Gasteiger charge is 2.39. The molecule has 0 unspecified atom stereocenters. The maximum absolute atomic E-state index is 12.7. The monoisotopic (exact) mass is 372 g/mol. The third-order valence-electron chi connectivity index (χ3n) is 3.99. The number of para-hydroxylation sites is 1. The fraction of sp³-hybridized carbons (Fsp3) is 0.0556. The van der Waals surface area contributed by atoms with E-state index in [1.54, 1.807) is 11.4 Å². The highest BCUT2D eigenvalue weighted by Crippen LogP contribution is 2.20. The van der Waals surface area contributed by atoms with Gasteiger partial charge in [0.25, 0.3) is 0 Å². The predicted molar refractivity (Wildman–Crippen MR) is 91.6 cm³/mol. The first-order valence-corrected chi connectivity index (χ1v) is 7.81. The van der Waals surface area contributed by atoms with Crippen LogP contribution in [0.2, 0.25) is 0 Å². The number of rotatable bonds is 3. The molecule has 0 atom stereocenters. The molecule has 0 spiro atoms. The number of carbonyl (C=O) groups is 2. The van der Waals surface area contributed by atoms with Gasteiger partial charge in [0, 0.05) is 22.7 Å². The van der Waals surface area contributed by atoms with Gasteiger partial charge < -0.3 is 14.7 Å². The fourth-order valence-electron chi connectivity index (χ4n) is 2.72. The lowest BCUT2D eigenvalue weighted by Gasteiger charge is -2.04. The second-order valence-corrected chi connectivity index (χ2v) is 5.86. The quantitative estimate of drug-likeness (QED) is 0.540. The maximum atomic E-state index is 12.7. The smallest absolute Gasteiger partial charge is 0.352 e. The summed E-state index contributed by atoms with van der Waals surface area (Å²) < 4.78 is 38.4.